The van der Waals surface area contributed by atoms with Crippen molar-refractivity contribution in [3.8, 4) is 0 Å². The molecule has 0 radical (unpaired) electrons. The van der Waals surface area contributed by atoms with Crippen molar-refractivity contribution in [1.29, 1.82) is 0 Å². The van der Waals surface area contributed by atoms with Crippen LogP contribution in [0.15, 0.2) is 83.9 Å². The molecule has 4 aromatic rings. The van der Waals surface area contributed by atoms with Gasteiger partial charge in [-0.25, -0.2) is 4.79 Å². The summed E-state index contributed by atoms with van der Waals surface area (Å²) in [5, 5.41) is 7.02. The minimum Gasteiger partial charge on any atom is -0.445 e. The number of amides is 3. The molecule has 3 aromatic carbocycles. The number of hydrogen-bond donors (Lipinski definition) is 2. The number of carbonyl (C=O) groups is 3. The van der Waals surface area contributed by atoms with Crippen LogP contribution in [0.25, 0.3) is 10.9 Å². The highest BCUT2D eigenvalue weighted by molar-refractivity contribution is 7.99. The zero-order valence-corrected chi connectivity index (χ0v) is 29.2. The topological polar surface area (TPSA) is 107 Å². The van der Waals surface area contributed by atoms with E-state index in [0.717, 1.165) is 52.6 Å². The van der Waals surface area contributed by atoms with Gasteiger partial charge in [0.2, 0.25) is 11.8 Å². The molecule has 0 bridgehead atoms. The predicted molar refractivity (Wildman–Crippen MR) is 194 cm³/mol. The average molecular weight is 733 g/mol. The van der Waals surface area contributed by atoms with Crippen LogP contribution < -0.4 is 15.5 Å². The number of halogens is 3. The van der Waals surface area contributed by atoms with Crippen LogP contribution in [0.2, 0.25) is 0 Å². The van der Waals surface area contributed by atoms with Gasteiger partial charge in [-0.05, 0) is 60.7 Å². The number of pyridine rings is 1. The summed E-state index contributed by atoms with van der Waals surface area (Å²) in [6.07, 6.45) is -1.24. The second kappa shape index (κ2) is 15.3. The Morgan fingerprint density at radius 1 is 0.962 bits per heavy atom. The third kappa shape index (κ3) is 8.06. The molecule has 3 aliphatic heterocycles. The summed E-state index contributed by atoms with van der Waals surface area (Å²) in [5.74, 6) is 1.10. The first kappa shape index (κ1) is 35.4. The molecule has 0 saturated carbocycles. The van der Waals surface area contributed by atoms with Gasteiger partial charge >= 0.3 is 12.3 Å². The van der Waals surface area contributed by atoms with Gasteiger partial charge in [0, 0.05) is 67.1 Å². The maximum atomic E-state index is 13.1. The lowest BCUT2D eigenvalue weighted by Crippen LogP contribution is -2.61. The molecule has 14 heteroatoms. The van der Waals surface area contributed by atoms with E-state index in [0.29, 0.717) is 61.7 Å². The molecular formula is C38H39F3N6O4S. The van der Waals surface area contributed by atoms with Crippen molar-refractivity contribution in [2.75, 3.05) is 60.6 Å². The number of nitrogens with zero attached hydrogens (tertiary/aromatic N) is 4. The van der Waals surface area contributed by atoms with Crippen LogP contribution >= 0.6 is 11.8 Å². The lowest BCUT2D eigenvalue weighted by Gasteiger charge is -2.44. The van der Waals surface area contributed by atoms with Crippen LogP contribution in [0.4, 0.5) is 35.0 Å². The number of nitrogens with one attached hydrogen (secondary N) is 2. The molecule has 0 spiro atoms. The molecule has 1 atom stereocenters. The number of fused-ring (bicyclic) bond motifs is 4. The molecular weight excluding hydrogens is 694 g/mol. The average Bonchev–Trinajstić information content (AvgIpc) is 3.16. The Morgan fingerprint density at radius 3 is 2.56 bits per heavy atom. The second-order valence-electron chi connectivity index (χ2n) is 13.3. The van der Waals surface area contributed by atoms with E-state index in [-0.39, 0.29) is 25.0 Å². The maximum absolute atomic E-state index is 13.1. The molecule has 272 valence electrons. The molecule has 1 unspecified atom stereocenters. The van der Waals surface area contributed by atoms with E-state index in [1.54, 1.807) is 22.9 Å². The van der Waals surface area contributed by atoms with Crippen molar-refractivity contribution < 1.29 is 32.3 Å². The van der Waals surface area contributed by atoms with Gasteiger partial charge in [0.25, 0.3) is 0 Å². The van der Waals surface area contributed by atoms with Crippen LogP contribution in [0.1, 0.15) is 30.4 Å². The van der Waals surface area contributed by atoms with Crippen LogP contribution in [0.5, 0.6) is 0 Å². The number of anilines is 3. The standard InChI is InChI=1S/C38H39F3N6O4S/c39-38(40,41)27-6-8-29-30(20-27)43-14-10-34(29)52-24-26-12-16-45(17-13-26)35(48)11-15-42-28-7-9-32-31(21-28)44-36(49)33-22-46(18-19-47(32)33)37(50)51-23-25-4-2-1-3-5-25/h1-10,14,20-21,26,33,42H,11-13,15-19,22-24H2,(H,44,49). The summed E-state index contributed by atoms with van der Waals surface area (Å²) >= 11 is 1.62. The van der Waals surface area contributed by atoms with Gasteiger partial charge in [0.1, 0.15) is 12.6 Å². The molecule has 2 fully saturated rings. The number of rotatable bonds is 9. The number of piperidine rings is 1. The first-order chi connectivity index (χ1) is 25.1. The van der Waals surface area contributed by atoms with Gasteiger partial charge in [-0.1, -0.05) is 36.4 Å². The third-order valence-corrected chi connectivity index (χ3v) is 11.2. The van der Waals surface area contributed by atoms with Crippen molar-refractivity contribution in [2.45, 2.75) is 43.0 Å². The number of benzene rings is 3. The van der Waals surface area contributed by atoms with E-state index < -0.39 is 23.9 Å². The van der Waals surface area contributed by atoms with E-state index in [1.807, 2.05) is 64.4 Å². The normalized spacial score (nSPS) is 17.7. The monoisotopic (exact) mass is 732 g/mol. The van der Waals surface area contributed by atoms with E-state index >= 15 is 0 Å². The predicted octanol–water partition coefficient (Wildman–Crippen LogP) is 6.87. The Labute approximate surface area is 303 Å². The lowest BCUT2D eigenvalue weighted by atomic mass is 9.99. The Morgan fingerprint density at radius 2 is 1.77 bits per heavy atom. The maximum Gasteiger partial charge on any atom is 0.416 e. The fourth-order valence-electron chi connectivity index (χ4n) is 6.94. The molecule has 10 nitrogen and oxygen atoms in total. The van der Waals surface area contributed by atoms with Crippen LogP contribution in [-0.2, 0) is 27.1 Å². The van der Waals surface area contributed by atoms with Gasteiger partial charge in [0.15, 0.2) is 0 Å². The first-order valence-corrected chi connectivity index (χ1v) is 18.4. The largest absolute Gasteiger partial charge is 0.445 e. The number of hydrogen-bond acceptors (Lipinski definition) is 8. The van der Waals surface area contributed by atoms with Gasteiger partial charge in [0.05, 0.1) is 29.0 Å². The molecule has 2 N–H and O–H groups in total. The highest BCUT2D eigenvalue weighted by atomic mass is 32.2. The molecule has 7 rings (SSSR count). The van der Waals surface area contributed by atoms with Crippen LogP contribution in [0, 0.1) is 5.92 Å². The summed E-state index contributed by atoms with van der Waals surface area (Å²) in [7, 11) is 0. The van der Waals surface area contributed by atoms with Gasteiger partial charge in [-0.15, -0.1) is 11.8 Å². The number of likely N-dealkylation sites (tertiary alicyclic amines) is 1. The minimum atomic E-state index is -4.41. The summed E-state index contributed by atoms with van der Waals surface area (Å²) < 4.78 is 44.9. The van der Waals surface area contributed by atoms with E-state index in [2.05, 4.69) is 15.6 Å². The SMILES string of the molecule is O=C1Nc2cc(NCCC(=O)N3CCC(CSc4ccnc5cc(C(F)(F)F)ccc45)CC3)ccc2N2CCN(C(=O)OCc3ccccc3)CC12. The zero-order valence-electron chi connectivity index (χ0n) is 28.4. The highest BCUT2D eigenvalue weighted by Crippen LogP contribution is 2.37. The number of alkyl halides is 3. The first-order valence-electron chi connectivity index (χ1n) is 17.4. The van der Waals surface area contributed by atoms with Crippen LogP contribution in [0.3, 0.4) is 0 Å². The smallest absolute Gasteiger partial charge is 0.416 e. The lowest BCUT2D eigenvalue weighted by molar-refractivity contribution is -0.137. The molecule has 0 aliphatic carbocycles. The molecule has 3 amide bonds. The van der Waals surface area contributed by atoms with E-state index in [4.69, 9.17) is 4.74 Å². The molecule has 2 saturated heterocycles. The number of thioether (sulfide) groups is 1. The number of aromatic nitrogens is 1. The summed E-state index contributed by atoms with van der Waals surface area (Å²) in [5.41, 5.74) is 2.89. The molecule has 4 heterocycles. The summed E-state index contributed by atoms with van der Waals surface area (Å²) in [6.45, 7) is 3.11. The third-order valence-electron chi connectivity index (χ3n) is 9.85. The van der Waals surface area contributed by atoms with E-state index in [9.17, 15) is 27.6 Å². The number of piperazine rings is 1. The molecule has 52 heavy (non-hydrogen) atoms. The zero-order chi connectivity index (χ0) is 36.2. The molecule has 1 aromatic heterocycles. The second-order valence-corrected chi connectivity index (χ2v) is 14.3. The van der Waals surface area contributed by atoms with Crippen molar-refractivity contribution >= 4 is 57.6 Å². The Bertz CT molecular complexity index is 1940. The Hall–Kier alpha value is -4.98. The van der Waals surface area contributed by atoms with Crippen molar-refractivity contribution in [3.63, 3.8) is 0 Å². The fourth-order valence-corrected chi connectivity index (χ4v) is 8.17. The van der Waals surface area contributed by atoms with Crippen molar-refractivity contribution in [1.82, 2.24) is 14.8 Å². The van der Waals surface area contributed by atoms with E-state index in [1.165, 1.54) is 6.07 Å². The van der Waals surface area contributed by atoms with Crippen molar-refractivity contribution in [3.05, 3.63) is 90.1 Å². The van der Waals surface area contributed by atoms with Gasteiger partial charge in [-0.3, -0.25) is 14.6 Å². The Kier molecular flexibility index (Phi) is 10.4. The van der Waals surface area contributed by atoms with Crippen LogP contribution in [-0.4, -0.2) is 83.8 Å². The summed E-state index contributed by atoms with van der Waals surface area (Å²) in [6, 6.07) is 20.2. The van der Waals surface area contributed by atoms with Crippen molar-refractivity contribution in [2.24, 2.45) is 5.92 Å². The van der Waals surface area contributed by atoms with Gasteiger partial charge in [-0.2, -0.15) is 13.2 Å². The summed E-state index contributed by atoms with van der Waals surface area (Å²) in [4.78, 5) is 49.4. The highest BCUT2D eigenvalue weighted by Gasteiger charge is 2.39. The minimum absolute atomic E-state index is 0.0773. The number of ether oxygens (including phenoxy) is 1. The number of carbonyl (C=O) groups excluding carboxylic acids is 3. The van der Waals surface area contributed by atoms with Gasteiger partial charge < -0.3 is 30.1 Å². The Balaban J connectivity index is 0.846. The fraction of sp³-hybridized carbons (Fsp3) is 0.368. The quantitative estimate of drug-likeness (QED) is 0.180. The molecule has 3 aliphatic rings.